The first-order chi connectivity index (χ1) is 15.1. The number of hydrogen-bond donors (Lipinski definition) is 1. The molecule has 158 valence electrons. The number of hydrogen-bond acceptors (Lipinski definition) is 4. The zero-order valence-electron chi connectivity index (χ0n) is 17.4. The van der Waals surface area contributed by atoms with Gasteiger partial charge in [-0.2, -0.15) is 0 Å². The number of rotatable bonds is 9. The molecular formula is C26H25NO4. The minimum Gasteiger partial charge on any atom is -0.489 e. The van der Waals surface area contributed by atoms with E-state index in [4.69, 9.17) is 9.47 Å². The fourth-order valence-electron chi connectivity index (χ4n) is 2.99. The molecule has 0 aliphatic rings. The van der Waals surface area contributed by atoms with Crippen molar-refractivity contribution < 1.29 is 19.1 Å². The van der Waals surface area contributed by atoms with Gasteiger partial charge in [0.25, 0.3) is 0 Å². The second-order valence-electron chi connectivity index (χ2n) is 6.95. The number of nitrogens with one attached hydrogen (secondary N) is 1. The molecule has 5 nitrogen and oxygen atoms in total. The molecule has 1 amide bonds. The lowest BCUT2D eigenvalue weighted by molar-refractivity contribution is -0.144. The van der Waals surface area contributed by atoms with Gasteiger partial charge in [0.15, 0.2) is 0 Å². The van der Waals surface area contributed by atoms with Crippen LogP contribution in [0.1, 0.15) is 16.7 Å². The molecule has 1 atom stereocenters. The van der Waals surface area contributed by atoms with Crippen LogP contribution in [0.15, 0.2) is 91.0 Å². The molecule has 31 heavy (non-hydrogen) atoms. The summed E-state index contributed by atoms with van der Waals surface area (Å²) < 4.78 is 10.6. The molecular weight excluding hydrogens is 390 g/mol. The van der Waals surface area contributed by atoms with Gasteiger partial charge in [0, 0.05) is 12.5 Å². The van der Waals surface area contributed by atoms with Crippen molar-refractivity contribution in [2.75, 3.05) is 7.11 Å². The Labute approximate surface area is 182 Å². The highest BCUT2D eigenvalue weighted by Gasteiger charge is 2.20. The van der Waals surface area contributed by atoms with Gasteiger partial charge < -0.3 is 14.8 Å². The monoisotopic (exact) mass is 415 g/mol. The topological polar surface area (TPSA) is 64.6 Å². The number of carbonyl (C=O) groups excluding carboxylic acids is 2. The second-order valence-corrected chi connectivity index (χ2v) is 6.95. The molecule has 0 saturated carbocycles. The van der Waals surface area contributed by atoms with E-state index in [0.29, 0.717) is 13.0 Å². The fourth-order valence-corrected chi connectivity index (χ4v) is 2.99. The number of amides is 1. The van der Waals surface area contributed by atoms with Crippen LogP contribution in [0.3, 0.4) is 0 Å². The third kappa shape index (κ3) is 7.16. The van der Waals surface area contributed by atoms with Crippen LogP contribution in [-0.2, 0) is 27.4 Å². The van der Waals surface area contributed by atoms with E-state index < -0.39 is 12.0 Å². The minimum atomic E-state index is -0.748. The van der Waals surface area contributed by atoms with Gasteiger partial charge in [-0.25, -0.2) is 4.79 Å². The lowest BCUT2D eigenvalue weighted by Gasteiger charge is -2.15. The number of carbonyl (C=O) groups is 2. The SMILES string of the molecule is COC(=O)[C@H](Cc1ccccc1)NC(=O)C=Cc1ccc(COc2ccccc2)cc1. The summed E-state index contributed by atoms with van der Waals surface area (Å²) >= 11 is 0. The Kier molecular flexibility index (Phi) is 8.00. The number of para-hydroxylation sites is 1. The van der Waals surface area contributed by atoms with Crippen LogP contribution in [0, 0.1) is 0 Å². The van der Waals surface area contributed by atoms with Crippen molar-refractivity contribution in [2.24, 2.45) is 0 Å². The predicted molar refractivity (Wildman–Crippen MR) is 120 cm³/mol. The average Bonchev–Trinajstić information content (AvgIpc) is 2.82. The lowest BCUT2D eigenvalue weighted by Crippen LogP contribution is -2.42. The van der Waals surface area contributed by atoms with Crippen molar-refractivity contribution in [1.82, 2.24) is 5.32 Å². The van der Waals surface area contributed by atoms with Crippen molar-refractivity contribution in [2.45, 2.75) is 19.1 Å². The van der Waals surface area contributed by atoms with Crippen LogP contribution in [0.2, 0.25) is 0 Å². The summed E-state index contributed by atoms with van der Waals surface area (Å²) in [6, 6.07) is 26.1. The van der Waals surface area contributed by atoms with Crippen LogP contribution < -0.4 is 10.1 Å². The molecule has 0 heterocycles. The zero-order valence-corrected chi connectivity index (χ0v) is 17.4. The van der Waals surface area contributed by atoms with Crippen LogP contribution in [0.5, 0.6) is 5.75 Å². The Hall–Kier alpha value is -3.86. The number of ether oxygens (including phenoxy) is 2. The maximum atomic E-state index is 12.3. The van der Waals surface area contributed by atoms with E-state index in [-0.39, 0.29) is 5.91 Å². The Bertz CT molecular complexity index is 999. The van der Waals surface area contributed by atoms with Crippen molar-refractivity contribution in [3.63, 3.8) is 0 Å². The Balaban J connectivity index is 1.54. The maximum absolute atomic E-state index is 12.3. The third-order valence-corrected chi connectivity index (χ3v) is 4.64. The third-order valence-electron chi connectivity index (χ3n) is 4.64. The summed E-state index contributed by atoms with van der Waals surface area (Å²) in [7, 11) is 1.31. The molecule has 3 aromatic rings. The number of methoxy groups -OCH3 is 1. The van der Waals surface area contributed by atoms with Crippen LogP contribution in [0.4, 0.5) is 0 Å². The molecule has 0 aromatic heterocycles. The molecule has 0 aliphatic carbocycles. The molecule has 0 unspecified atom stereocenters. The van der Waals surface area contributed by atoms with Crippen LogP contribution >= 0.6 is 0 Å². The van der Waals surface area contributed by atoms with Gasteiger partial charge in [-0.1, -0.05) is 72.8 Å². The summed E-state index contributed by atoms with van der Waals surface area (Å²) in [5, 5.41) is 2.72. The first-order valence-corrected chi connectivity index (χ1v) is 10.0. The first kappa shape index (κ1) is 21.8. The standard InChI is InChI=1S/C26H25NO4/c1-30-26(29)24(18-21-8-4-2-5-9-21)27-25(28)17-16-20-12-14-22(15-13-20)19-31-23-10-6-3-7-11-23/h2-17,24H,18-19H2,1H3,(H,27,28)/t24-/m0/s1. The predicted octanol–water partition coefficient (Wildman–Crippen LogP) is 4.18. The van der Waals surface area contributed by atoms with E-state index in [2.05, 4.69) is 5.32 Å². The van der Waals surface area contributed by atoms with Crippen molar-refractivity contribution >= 4 is 18.0 Å². The summed E-state index contributed by atoms with van der Waals surface area (Å²) in [5.41, 5.74) is 2.84. The van der Waals surface area contributed by atoms with Gasteiger partial charge >= 0.3 is 5.97 Å². The summed E-state index contributed by atoms with van der Waals surface area (Å²) in [6.07, 6.45) is 3.48. The van der Waals surface area contributed by atoms with E-state index in [1.807, 2.05) is 84.9 Å². The molecule has 0 aliphatic heterocycles. The van der Waals surface area contributed by atoms with Gasteiger partial charge in [0.05, 0.1) is 7.11 Å². The summed E-state index contributed by atoms with van der Waals surface area (Å²) in [4.78, 5) is 24.4. The lowest BCUT2D eigenvalue weighted by atomic mass is 10.1. The number of esters is 1. The molecule has 1 N–H and O–H groups in total. The zero-order chi connectivity index (χ0) is 21.9. The van der Waals surface area contributed by atoms with Crippen molar-refractivity contribution in [1.29, 1.82) is 0 Å². The highest BCUT2D eigenvalue weighted by molar-refractivity contribution is 5.94. The summed E-state index contributed by atoms with van der Waals surface area (Å²) in [5.74, 6) is -0.0185. The van der Waals surface area contributed by atoms with Crippen molar-refractivity contribution in [3.8, 4) is 5.75 Å². The highest BCUT2D eigenvalue weighted by Crippen LogP contribution is 2.13. The normalized spacial score (nSPS) is 11.6. The van der Waals surface area contributed by atoms with Gasteiger partial charge in [-0.15, -0.1) is 0 Å². The van der Waals surface area contributed by atoms with Gasteiger partial charge in [0.2, 0.25) is 5.91 Å². The van der Waals surface area contributed by atoms with E-state index in [1.54, 1.807) is 6.08 Å². The molecule has 5 heteroatoms. The van der Waals surface area contributed by atoms with Gasteiger partial charge in [-0.3, -0.25) is 4.79 Å². The van der Waals surface area contributed by atoms with Crippen LogP contribution in [-0.4, -0.2) is 25.0 Å². The molecule has 0 fully saturated rings. The van der Waals surface area contributed by atoms with E-state index in [9.17, 15) is 9.59 Å². The maximum Gasteiger partial charge on any atom is 0.328 e. The smallest absolute Gasteiger partial charge is 0.328 e. The van der Waals surface area contributed by atoms with E-state index in [0.717, 1.165) is 22.4 Å². The second kappa shape index (κ2) is 11.4. The van der Waals surface area contributed by atoms with E-state index in [1.165, 1.54) is 13.2 Å². The van der Waals surface area contributed by atoms with E-state index >= 15 is 0 Å². The molecule has 3 rings (SSSR count). The molecule has 0 spiro atoms. The molecule has 0 saturated heterocycles. The quantitative estimate of drug-likeness (QED) is 0.421. The molecule has 0 bridgehead atoms. The van der Waals surface area contributed by atoms with Gasteiger partial charge in [0.1, 0.15) is 18.4 Å². The number of benzene rings is 3. The molecule has 0 radical (unpaired) electrons. The minimum absolute atomic E-state index is 0.359. The summed E-state index contributed by atoms with van der Waals surface area (Å²) in [6.45, 7) is 0.467. The van der Waals surface area contributed by atoms with Crippen LogP contribution in [0.25, 0.3) is 6.08 Å². The Morgan fingerprint density at radius 2 is 1.52 bits per heavy atom. The molecule has 3 aromatic carbocycles. The highest BCUT2D eigenvalue weighted by atomic mass is 16.5. The van der Waals surface area contributed by atoms with Gasteiger partial charge in [-0.05, 0) is 34.9 Å². The average molecular weight is 415 g/mol. The Morgan fingerprint density at radius 3 is 2.16 bits per heavy atom. The van der Waals surface area contributed by atoms with Crippen molar-refractivity contribution in [3.05, 3.63) is 108 Å². The first-order valence-electron chi connectivity index (χ1n) is 10.0. The largest absolute Gasteiger partial charge is 0.489 e. The Morgan fingerprint density at radius 1 is 0.871 bits per heavy atom. The fraction of sp³-hybridized carbons (Fsp3) is 0.154.